The quantitative estimate of drug-likeness (QED) is 0.375. The molecule has 4 heteroatoms. The first-order chi connectivity index (χ1) is 2.63. The van der Waals surface area contributed by atoms with Gasteiger partial charge in [-0.2, -0.15) is 0 Å². The van der Waals surface area contributed by atoms with Crippen molar-refractivity contribution >= 4 is 34.8 Å². The normalized spacial score (nSPS) is 39.5. The second-order valence-corrected chi connectivity index (χ2v) is 2.71. The highest BCUT2D eigenvalue weighted by Gasteiger charge is 2.53. The van der Waals surface area contributed by atoms with Crippen LogP contribution in [0, 0.1) is 0 Å². The highest BCUT2D eigenvalue weighted by molar-refractivity contribution is 6.53. The van der Waals surface area contributed by atoms with Crippen LogP contribution >= 0.6 is 34.8 Å². The van der Waals surface area contributed by atoms with E-state index in [0.29, 0.717) is 0 Å². The number of epoxide rings is 1. The lowest BCUT2D eigenvalue weighted by Gasteiger charge is -1.76. The fourth-order valence-electron chi connectivity index (χ4n) is 0.104. The smallest absolute Gasteiger partial charge is 0.260 e. The van der Waals surface area contributed by atoms with E-state index in [1.54, 1.807) is 0 Å². The fourth-order valence-corrected chi connectivity index (χ4v) is 0.514. The van der Waals surface area contributed by atoms with Crippen LogP contribution in [0.15, 0.2) is 0 Å². The number of rotatable bonds is 0. The molecule has 0 N–H and O–H groups in total. The number of hydrogen-bond acceptors (Lipinski definition) is 1. The van der Waals surface area contributed by atoms with Crippen LogP contribution in [0.5, 0.6) is 0 Å². The zero-order chi connectivity index (χ0) is 4.78. The minimum Gasteiger partial charge on any atom is -0.318 e. The second-order valence-electron chi connectivity index (χ2n) is 0.996. The highest BCUT2D eigenvalue weighted by Crippen LogP contribution is 2.46. The van der Waals surface area contributed by atoms with Gasteiger partial charge in [0.2, 0.25) is 0 Å². The second kappa shape index (κ2) is 1.16. The lowest BCUT2D eigenvalue weighted by Crippen LogP contribution is -1.84. The van der Waals surface area contributed by atoms with Crippen molar-refractivity contribution in [2.24, 2.45) is 0 Å². The maximum atomic E-state index is 5.20. The molecule has 0 aromatic heterocycles. The van der Waals surface area contributed by atoms with E-state index in [9.17, 15) is 0 Å². The molecule has 36 valence electrons. The summed E-state index contributed by atoms with van der Waals surface area (Å²) >= 11 is 15.6. The Labute approximate surface area is 50.1 Å². The van der Waals surface area contributed by atoms with Gasteiger partial charge in [0.1, 0.15) is 0 Å². The largest absolute Gasteiger partial charge is 0.318 e. The van der Waals surface area contributed by atoms with E-state index >= 15 is 0 Å². The van der Waals surface area contributed by atoms with Crippen molar-refractivity contribution in [2.75, 3.05) is 0 Å². The monoisotopic (exact) mass is 146 g/mol. The van der Waals surface area contributed by atoms with Crippen LogP contribution in [-0.2, 0) is 4.74 Å². The van der Waals surface area contributed by atoms with Gasteiger partial charge in [-0.25, -0.2) is 0 Å². The van der Waals surface area contributed by atoms with Crippen LogP contribution < -0.4 is 0 Å². The number of halogens is 3. The Hall–Kier alpha value is 0.830. The van der Waals surface area contributed by atoms with Gasteiger partial charge in [0.05, 0.1) is 0 Å². The standard InChI is InChI=1S/C2HCl3O/c3-1-2(4,5)6-1/h1H. The van der Waals surface area contributed by atoms with Crippen LogP contribution in [0.3, 0.4) is 0 Å². The predicted octanol–water partition coefficient (Wildman–Crippen LogP) is 1.71. The van der Waals surface area contributed by atoms with Gasteiger partial charge < -0.3 is 4.74 Å². The van der Waals surface area contributed by atoms with E-state index in [4.69, 9.17) is 34.8 Å². The summed E-state index contributed by atoms with van der Waals surface area (Å²) in [5, 5.41) is 0. The topological polar surface area (TPSA) is 12.5 Å². The summed E-state index contributed by atoms with van der Waals surface area (Å²) in [6, 6.07) is 0. The van der Waals surface area contributed by atoms with Gasteiger partial charge in [0.25, 0.3) is 4.52 Å². The van der Waals surface area contributed by atoms with Gasteiger partial charge in [-0.15, -0.1) is 0 Å². The molecule has 1 aliphatic heterocycles. The molecule has 1 saturated heterocycles. The van der Waals surface area contributed by atoms with Crippen molar-refractivity contribution in [3.05, 3.63) is 0 Å². The van der Waals surface area contributed by atoms with Crippen molar-refractivity contribution in [3.63, 3.8) is 0 Å². The molecule has 0 amide bonds. The van der Waals surface area contributed by atoms with Gasteiger partial charge >= 0.3 is 0 Å². The molecule has 0 spiro atoms. The minimum absolute atomic E-state index is 0.499. The summed E-state index contributed by atoms with van der Waals surface area (Å²) in [6.07, 6.45) is 0. The lowest BCUT2D eigenvalue weighted by molar-refractivity contribution is 0.424. The van der Waals surface area contributed by atoms with Crippen molar-refractivity contribution in [3.8, 4) is 0 Å². The predicted molar refractivity (Wildman–Crippen MR) is 25.2 cm³/mol. The number of hydrogen-bond donors (Lipinski definition) is 0. The molecule has 1 nitrogen and oxygen atoms in total. The first-order valence-corrected chi connectivity index (χ1v) is 2.52. The third-order valence-corrected chi connectivity index (χ3v) is 1.66. The van der Waals surface area contributed by atoms with E-state index in [-0.39, 0.29) is 0 Å². The Morgan fingerprint density at radius 1 is 1.50 bits per heavy atom. The zero-order valence-corrected chi connectivity index (χ0v) is 4.89. The van der Waals surface area contributed by atoms with Crippen LogP contribution in [-0.4, -0.2) is 10.1 Å². The summed E-state index contributed by atoms with van der Waals surface area (Å²) in [6.45, 7) is 0. The average Bonchev–Trinajstić information content (AvgIpc) is 1.73. The SMILES string of the molecule is ClC1OC1(Cl)Cl. The first kappa shape index (κ1) is 4.98. The molecule has 1 aliphatic rings. The summed E-state index contributed by atoms with van der Waals surface area (Å²) in [5.74, 6) is 0. The van der Waals surface area contributed by atoms with Crippen molar-refractivity contribution < 1.29 is 4.74 Å². The van der Waals surface area contributed by atoms with E-state index < -0.39 is 10.1 Å². The Kier molecular flexibility index (Phi) is 0.962. The molecular weight excluding hydrogens is 146 g/mol. The molecule has 1 unspecified atom stereocenters. The summed E-state index contributed by atoms with van der Waals surface area (Å²) in [7, 11) is 0. The molecular formula is C2HCl3O. The molecule has 1 fully saturated rings. The molecule has 1 heterocycles. The zero-order valence-electron chi connectivity index (χ0n) is 2.62. The lowest BCUT2D eigenvalue weighted by atomic mass is 10.9. The van der Waals surface area contributed by atoms with Crippen molar-refractivity contribution in [1.82, 2.24) is 0 Å². The molecule has 0 aromatic rings. The van der Waals surface area contributed by atoms with Gasteiger partial charge in [-0.05, 0) is 0 Å². The Balaban J connectivity index is 2.41. The minimum atomic E-state index is -1.08. The van der Waals surface area contributed by atoms with Crippen LogP contribution in [0.25, 0.3) is 0 Å². The van der Waals surface area contributed by atoms with Crippen molar-refractivity contribution in [2.45, 2.75) is 10.1 Å². The van der Waals surface area contributed by atoms with Crippen LogP contribution in [0.2, 0.25) is 0 Å². The molecule has 6 heavy (non-hydrogen) atoms. The van der Waals surface area contributed by atoms with E-state index in [0.717, 1.165) is 0 Å². The van der Waals surface area contributed by atoms with Crippen LogP contribution in [0.1, 0.15) is 0 Å². The van der Waals surface area contributed by atoms with E-state index in [2.05, 4.69) is 4.74 Å². The van der Waals surface area contributed by atoms with Gasteiger partial charge in [0, 0.05) is 0 Å². The Morgan fingerprint density at radius 3 is 1.67 bits per heavy atom. The fraction of sp³-hybridized carbons (Fsp3) is 1.00. The Bertz CT molecular complexity index is 71.2. The molecule has 1 atom stereocenters. The van der Waals surface area contributed by atoms with Crippen LogP contribution in [0.4, 0.5) is 0 Å². The summed E-state index contributed by atoms with van der Waals surface area (Å²) in [5.41, 5.74) is -0.499. The average molecular weight is 147 g/mol. The molecule has 0 aliphatic carbocycles. The van der Waals surface area contributed by atoms with Gasteiger partial charge in [-0.3, -0.25) is 0 Å². The van der Waals surface area contributed by atoms with E-state index in [1.807, 2.05) is 0 Å². The summed E-state index contributed by atoms with van der Waals surface area (Å²) < 4.78 is 3.32. The number of alkyl halides is 3. The van der Waals surface area contributed by atoms with Gasteiger partial charge in [0.15, 0.2) is 5.56 Å². The molecule has 0 bridgehead atoms. The molecule has 0 radical (unpaired) electrons. The molecule has 0 aromatic carbocycles. The van der Waals surface area contributed by atoms with Gasteiger partial charge in [-0.1, -0.05) is 34.8 Å². The first-order valence-electron chi connectivity index (χ1n) is 1.32. The van der Waals surface area contributed by atoms with Crippen molar-refractivity contribution in [1.29, 1.82) is 0 Å². The number of ether oxygens (including phenoxy) is 1. The molecule has 1 rings (SSSR count). The highest BCUT2D eigenvalue weighted by atomic mass is 35.5. The maximum absolute atomic E-state index is 5.20. The van der Waals surface area contributed by atoms with E-state index in [1.165, 1.54) is 0 Å². The molecule has 0 saturated carbocycles. The Morgan fingerprint density at radius 2 is 1.67 bits per heavy atom. The summed E-state index contributed by atoms with van der Waals surface area (Å²) in [4.78, 5) is 0. The maximum Gasteiger partial charge on any atom is 0.260 e. The third-order valence-electron chi connectivity index (χ3n) is 0.468. The third kappa shape index (κ3) is 0.733.